The number of aryl methyl sites for hydroxylation is 1. The molecule has 6 nitrogen and oxygen atoms in total. The highest BCUT2D eigenvalue weighted by molar-refractivity contribution is 7.88. The largest absolute Gasteiger partial charge is 0.375 e. The molecule has 0 saturated carbocycles. The van der Waals surface area contributed by atoms with Gasteiger partial charge in [0.1, 0.15) is 0 Å². The number of likely N-dealkylation sites (tertiary alicyclic amines) is 1. The number of hydrogen-bond acceptors (Lipinski definition) is 5. The molecule has 3 heterocycles. The smallest absolute Gasteiger partial charge is 0.263 e. The van der Waals surface area contributed by atoms with Gasteiger partial charge in [0.05, 0.1) is 29.9 Å². The van der Waals surface area contributed by atoms with Crippen molar-refractivity contribution in [2.75, 3.05) is 32.5 Å². The van der Waals surface area contributed by atoms with Gasteiger partial charge in [-0.05, 0) is 25.5 Å². The fraction of sp³-hybridized carbons (Fsp3) is 0.643. The second-order valence-electron chi connectivity index (χ2n) is 5.80. The first kappa shape index (κ1) is 15.9. The van der Waals surface area contributed by atoms with Crippen LogP contribution >= 0.6 is 11.3 Å². The van der Waals surface area contributed by atoms with Gasteiger partial charge in [-0.25, -0.2) is 8.42 Å². The Hall–Kier alpha value is -0.960. The van der Waals surface area contributed by atoms with E-state index < -0.39 is 10.0 Å². The predicted molar refractivity (Wildman–Crippen MR) is 84.7 cm³/mol. The molecule has 8 heteroatoms. The molecule has 2 saturated heterocycles. The van der Waals surface area contributed by atoms with Crippen molar-refractivity contribution in [1.82, 2.24) is 9.21 Å². The predicted octanol–water partition coefficient (Wildman–Crippen LogP) is 0.931. The highest BCUT2D eigenvalue weighted by Crippen LogP contribution is 2.27. The summed E-state index contributed by atoms with van der Waals surface area (Å²) in [5.41, 5.74) is 0. The molecule has 1 amide bonds. The Labute approximate surface area is 134 Å². The third-order valence-electron chi connectivity index (χ3n) is 4.20. The van der Waals surface area contributed by atoms with E-state index in [0.717, 1.165) is 4.88 Å². The summed E-state index contributed by atoms with van der Waals surface area (Å²) < 4.78 is 31.1. The molecule has 1 aromatic heterocycles. The van der Waals surface area contributed by atoms with Crippen LogP contribution in [-0.2, 0) is 14.8 Å². The van der Waals surface area contributed by atoms with E-state index in [-0.39, 0.29) is 18.1 Å². The van der Waals surface area contributed by atoms with Gasteiger partial charge in [-0.15, -0.1) is 11.3 Å². The van der Waals surface area contributed by atoms with Crippen LogP contribution in [0.1, 0.15) is 21.0 Å². The number of sulfonamides is 1. The highest BCUT2D eigenvalue weighted by atomic mass is 32.2. The van der Waals surface area contributed by atoms with Gasteiger partial charge in [0, 0.05) is 24.5 Å². The third-order valence-corrected chi connectivity index (χ3v) is 6.49. The van der Waals surface area contributed by atoms with E-state index in [2.05, 4.69) is 0 Å². The minimum absolute atomic E-state index is 0.0180. The van der Waals surface area contributed by atoms with Crippen molar-refractivity contribution in [3.8, 4) is 0 Å². The molecule has 22 heavy (non-hydrogen) atoms. The van der Waals surface area contributed by atoms with Crippen molar-refractivity contribution >= 4 is 27.3 Å². The van der Waals surface area contributed by atoms with Crippen LogP contribution in [0.15, 0.2) is 12.1 Å². The van der Waals surface area contributed by atoms with E-state index in [9.17, 15) is 13.2 Å². The van der Waals surface area contributed by atoms with Crippen molar-refractivity contribution < 1.29 is 17.9 Å². The molecule has 2 atom stereocenters. The molecule has 0 bridgehead atoms. The molecule has 0 N–H and O–H groups in total. The van der Waals surface area contributed by atoms with Crippen LogP contribution < -0.4 is 0 Å². The van der Waals surface area contributed by atoms with Gasteiger partial charge in [0.25, 0.3) is 5.91 Å². The van der Waals surface area contributed by atoms with Crippen molar-refractivity contribution in [3.63, 3.8) is 0 Å². The first-order valence-corrected chi connectivity index (χ1v) is 9.97. The maximum atomic E-state index is 12.6. The number of carbonyl (C=O) groups is 1. The fourth-order valence-corrected chi connectivity index (χ4v) is 5.08. The number of amides is 1. The zero-order chi connectivity index (χ0) is 15.9. The Morgan fingerprint density at radius 1 is 1.36 bits per heavy atom. The summed E-state index contributed by atoms with van der Waals surface area (Å²) in [5, 5.41) is 0. The van der Waals surface area contributed by atoms with Crippen LogP contribution in [0, 0.1) is 6.92 Å². The molecule has 0 unspecified atom stereocenters. The molecule has 0 aliphatic carbocycles. The highest BCUT2D eigenvalue weighted by Gasteiger charge is 2.42. The van der Waals surface area contributed by atoms with Gasteiger partial charge < -0.3 is 9.64 Å². The van der Waals surface area contributed by atoms with Gasteiger partial charge in [-0.3, -0.25) is 4.79 Å². The zero-order valence-electron chi connectivity index (χ0n) is 12.7. The van der Waals surface area contributed by atoms with E-state index in [0.29, 0.717) is 37.5 Å². The summed E-state index contributed by atoms with van der Waals surface area (Å²) in [4.78, 5) is 16.1. The number of hydrogen-bond donors (Lipinski definition) is 0. The molecule has 2 fully saturated rings. The van der Waals surface area contributed by atoms with Crippen LogP contribution in [0.3, 0.4) is 0 Å². The molecule has 0 aromatic carbocycles. The number of thiophene rings is 1. The van der Waals surface area contributed by atoms with Gasteiger partial charge >= 0.3 is 0 Å². The molecule has 2 aliphatic rings. The quantitative estimate of drug-likeness (QED) is 0.800. The van der Waals surface area contributed by atoms with E-state index in [1.807, 2.05) is 19.1 Å². The third kappa shape index (κ3) is 3.05. The maximum absolute atomic E-state index is 12.6. The number of rotatable bonds is 2. The number of ether oxygens (including phenoxy) is 1. The van der Waals surface area contributed by atoms with Gasteiger partial charge in [-0.2, -0.15) is 4.31 Å². The van der Waals surface area contributed by atoms with E-state index in [1.54, 1.807) is 4.90 Å². The van der Waals surface area contributed by atoms with Gasteiger partial charge in [0.15, 0.2) is 0 Å². The molecule has 0 spiro atoms. The van der Waals surface area contributed by atoms with E-state index in [4.69, 9.17) is 4.74 Å². The Bertz CT molecular complexity index is 670. The van der Waals surface area contributed by atoms with E-state index in [1.165, 1.54) is 21.9 Å². The number of morpholine rings is 1. The monoisotopic (exact) mass is 344 g/mol. The Morgan fingerprint density at radius 2 is 2.14 bits per heavy atom. The molecule has 122 valence electrons. The van der Waals surface area contributed by atoms with Gasteiger partial charge in [0.2, 0.25) is 10.0 Å². The number of nitrogens with zero attached hydrogens (tertiary/aromatic N) is 2. The summed E-state index contributed by atoms with van der Waals surface area (Å²) >= 11 is 1.47. The van der Waals surface area contributed by atoms with Crippen molar-refractivity contribution in [2.24, 2.45) is 0 Å². The second kappa shape index (κ2) is 5.92. The number of carbonyl (C=O) groups excluding carboxylic acids is 1. The van der Waals surface area contributed by atoms with Crippen molar-refractivity contribution in [3.05, 3.63) is 21.9 Å². The van der Waals surface area contributed by atoms with Crippen LogP contribution in [-0.4, -0.2) is 68.2 Å². The molecule has 1 aromatic rings. The lowest BCUT2D eigenvalue weighted by atomic mass is 10.0. The molecule has 3 rings (SSSR count). The lowest BCUT2D eigenvalue weighted by Gasteiger charge is -2.45. The van der Waals surface area contributed by atoms with Crippen LogP contribution in [0.2, 0.25) is 0 Å². The standard InChI is InChI=1S/C14H20N2O4S2/c1-10-3-4-13(21-10)14(17)15-6-5-12-11(9-15)16(7-8-20-12)22(2,18)19/h3-4,11-12H,5-9H2,1-2H3/t11-,12-/m1/s1. The number of fused-ring (bicyclic) bond motifs is 1. The SMILES string of the molecule is Cc1ccc(C(=O)N2CC[C@H]3OCCN(S(C)(=O)=O)[C@@H]3C2)s1. The van der Waals surface area contributed by atoms with E-state index >= 15 is 0 Å². The Balaban J connectivity index is 1.79. The molecule has 2 aliphatic heterocycles. The average Bonchev–Trinajstić information content (AvgIpc) is 2.91. The van der Waals surface area contributed by atoms with Crippen LogP contribution in [0.4, 0.5) is 0 Å². The minimum atomic E-state index is -3.29. The molecular formula is C14H20N2O4S2. The number of piperidine rings is 1. The summed E-state index contributed by atoms with van der Waals surface area (Å²) in [7, 11) is -3.29. The topological polar surface area (TPSA) is 66.9 Å². The molecular weight excluding hydrogens is 324 g/mol. The van der Waals surface area contributed by atoms with Crippen molar-refractivity contribution in [1.29, 1.82) is 0 Å². The van der Waals surface area contributed by atoms with Crippen LogP contribution in [0.25, 0.3) is 0 Å². The van der Waals surface area contributed by atoms with Crippen molar-refractivity contribution in [2.45, 2.75) is 25.5 Å². The van der Waals surface area contributed by atoms with Crippen LogP contribution in [0.5, 0.6) is 0 Å². The van der Waals surface area contributed by atoms with Gasteiger partial charge in [-0.1, -0.05) is 0 Å². The molecule has 0 radical (unpaired) electrons. The zero-order valence-corrected chi connectivity index (χ0v) is 14.3. The first-order valence-electron chi connectivity index (χ1n) is 7.30. The summed E-state index contributed by atoms with van der Waals surface area (Å²) in [6, 6.07) is 3.49. The first-order chi connectivity index (χ1) is 10.4. The summed E-state index contributed by atoms with van der Waals surface area (Å²) in [6.07, 6.45) is 1.78. The Kier molecular flexibility index (Phi) is 4.28. The lowest BCUT2D eigenvalue weighted by Crippen LogP contribution is -2.61. The minimum Gasteiger partial charge on any atom is -0.375 e. The summed E-state index contributed by atoms with van der Waals surface area (Å²) in [5.74, 6) is -0.0180. The maximum Gasteiger partial charge on any atom is 0.263 e. The lowest BCUT2D eigenvalue weighted by molar-refractivity contribution is -0.0703. The second-order valence-corrected chi connectivity index (χ2v) is 9.02. The Morgan fingerprint density at radius 3 is 2.77 bits per heavy atom. The normalized spacial score (nSPS) is 26.7. The average molecular weight is 344 g/mol. The summed E-state index contributed by atoms with van der Waals surface area (Å²) in [6.45, 7) is 3.75. The fourth-order valence-electron chi connectivity index (χ4n) is 3.14.